The van der Waals surface area contributed by atoms with Gasteiger partial charge in [0.2, 0.25) is 0 Å². The zero-order valence-corrected chi connectivity index (χ0v) is 14.3. The maximum absolute atomic E-state index is 11.7. The minimum Gasteiger partial charge on any atom is -0.496 e. The lowest BCUT2D eigenvalue weighted by atomic mass is 10.1. The second kappa shape index (κ2) is 8.14. The molecular weight excluding hydrogens is 334 g/mol. The van der Waals surface area contributed by atoms with Crippen LogP contribution in [0, 0.1) is 5.92 Å². The molecule has 2 rings (SSSR count). The van der Waals surface area contributed by atoms with E-state index in [4.69, 9.17) is 9.47 Å². The minimum absolute atomic E-state index is 0.0160. The Kier molecular flexibility index (Phi) is 6.19. The zero-order chi connectivity index (χ0) is 17.6. The summed E-state index contributed by atoms with van der Waals surface area (Å²) in [7, 11) is -1.47. The van der Waals surface area contributed by atoms with Crippen molar-refractivity contribution < 1.29 is 27.5 Å². The summed E-state index contributed by atoms with van der Waals surface area (Å²) in [5.74, 6) is -0.388. The number of carbonyl (C=O) groups excluding carboxylic acids is 2. The molecule has 1 fully saturated rings. The van der Waals surface area contributed by atoms with Crippen molar-refractivity contribution in [3.05, 3.63) is 29.8 Å². The largest absolute Gasteiger partial charge is 0.496 e. The standard InChI is InChI=1S/C16H21NO6S/c1-22-14-5-3-2-4-13(14)9-17-15(18)10-23-16(19)8-12-6-7-24(20,21)11-12/h2-5,12H,6-11H2,1H3,(H,17,18)/t12-/m1/s1. The molecule has 0 aromatic heterocycles. The summed E-state index contributed by atoms with van der Waals surface area (Å²) in [5.41, 5.74) is 0.816. The summed E-state index contributed by atoms with van der Waals surface area (Å²) in [4.78, 5) is 23.4. The smallest absolute Gasteiger partial charge is 0.306 e. The fourth-order valence-electron chi connectivity index (χ4n) is 2.57. The lowest BCUT2D eigenvalue weighted by Crippen LogP contribution is -2.29. The molecule has 0 spiro atoms. The van der Waals surface area contributed by atoms with E-state index in [2.05, 4.69) is 5.32 Å². The van der Waals surface area contributed by atoms with E-state index in [9.17, 15) is 18.0 Å². The molecule has 1 aromatic carbocycles. The second-order valence-electron chi connectivity index (χ2n) is 5.72. The Morgan fingerprint density at radius 3 is 2.71 bits per heavy atom. The molecule has 132 valence electrons. The molecule has 0 saturated carbocycles. The van der Waals surface area contributed by atoms with Crippen LogP contribution in [0.15, 0.2) is 24.3 Å². The van der Waals surface area contributed by atoms with E-state index in [-0.39, 0.29) is 37.0 Å². The van der Waals surface area contributed by atoms with Gasteiger partial charge in [-0.2, -0.15) is 0 Å². The first kappa shape index (κ1) is 18.3. The van der Waals surface area contributed by atoms with Gasteiger partial charge in [-0.15, -0.1) is 0 Å². The molecule has 0 unspecified atom stereocenters. The maximum Gasteiger partial charge on any atom is 0.306 e. The first-order valence-corrected chi connectivity index (χ1v) is 9.46. The van der Waals surface area contributed by atoms with E-state index < -0.39 is 21.7 Å². The third-order valence-corrected chi connectivity index (χ3v) is 5.65. The van der Waals surface area contributed by atoms with Gasteiger partial charge in [0, 0.05) is 18.5 Å². The Balaban J connectivity index is 1.70. The summed E-state index contributed by atoms with van der Waals surface area (Å²) in [6.45, 7) is -0.116. The second-order valence-corrected chi connectivity index (χ2v) is 7.95. The molecule has 0 aliphatic carbocycles. The van der Waals surface area contributed by atoms with Gasteiger partial charge in [-0.1, -0.05) is 18.2 Å². The molecule has 7 nitrogen and oxygen atoms in total. The number of amides is 1. The number of rotatable bonds is 7. The monoisotopic (exact) mass is 355 g/mol. The Labute approximate surface area is 141 Å². The zero-order valence-electron chi connectivity index (χ0n) is 13.5. The number of hydrogen-bond acceptors (Lipinski definition) is 6. The summed E-state index contributed by atoms with van der Waals surface area (Å²) in [6.07, 6.45) is 0.496. The van der Waals surface area contributed by atoms with Crippen LogP contribution in [0.1, 0.15) is 18.4 Å². The minimum atomic E-state index is -3.02. The van der Waals surface area contributed by atoms with Crippen LogP contribution >= 0.6 is 0 Å². The molecule has 0 bridgehead atoms. The molecular formula is C16H21NO6S. The Bertz CT molecular complexity index is 700. The van der Waals surface area contributed by atoms with Crippen LogP contribution < -0.4 is 10.1 Å². The third kappa shape index (κ3) is 5.52. The number of ether oxygens (including phenoxy) is 2. The van der Waals surface area contributed by atoms with Crippen molar-refractivity contribution in [2.75, 3.05) is 25.2 Å². The molecule has 1 aliphatic heterocycles. The number of esters is 1. The summed E-state index contributed by atoms with van der Waals surface area (Å²) < 4.78 is 32.8. The SMILES string of the molecule is COc1ccccc1CNC(=O)COC(=O)C[C@H]1CCS(=O)(=O)C1. The van der Waals surface area contributed by atoms with Gasteiger partial charge in [-0.05, 0) is 18.4 Å². The highest BCUT2D eigenvalue weighted by Gasteiger charge is 2.29. The van der Waals surface area contributed by atoms with Gasteiger partial charge in [0.1, 0.15) is 5.75 Å². The number of methoxy groups -OCH3 is 1. The van der Waals surface area contributed by atoms with E-state index in [0.717, 1.165) is 5.56 Å². The van der Waals surface area contributed by atoms with Gasteiger partial charge in [0.15, 0.2) is 16.4 Å². The molecule has 1 aromatic rings. The van der Waals surface area contributed by atoms with Crippen molar-refractivity contribution in [2.45, 2.75) is 19.4 Å². The number of nitrogens with one attached hydrogen (secondary N) is 1. The number of benzene rings is 1. The van der Waals surface area contributed by atoms with Crippen molar-refractivity contribution in [3.63, 3.8) is 0 Å². The topological polar surface area (TPSA) is 98.8 Å². The normalized spacial score (nSPS) is 18.8. The average molecular weight is 355 g/mol. The Hall–Kier alpha value is -2.09. The van der Waals surface area contributed by atoms with Crippen LogP contribution in [-0.4, -0.2) is 45.5 Å². The van der Waals surface area contributed by atoms with Crippen molar-refractivity contribution >= 4 is 21.7 Å². The highest BCUT2D eigenvalue weighted by atomic mass is 32.2. The van der Waals surface area contributed by atoms with Crippen LogP contribution in [0.2, 0.25) is 0 Å². The molecule has 1 heterocycles. The Morgan fingerprint density at radius 2 is 2.04 bits per heavy atom. The van der Waals surface area contributed by atoms with Gasteiger partial charge < -0.3 is 14.8 Å². The fourth-order valence-corrected chi connectivity index (χ4v) is 4.43. The van der Waals surface area contributed by atoms with Gasteiger partial charge in [0.05, 0.1) is 18.6 Å². The van der Waals surface area contributed by atoms with E-state index >= 15 is 0 Å². The van der Waals surface area contributed by atoms with Crippen LogP contribution in [-0.2, 0) is 30.7 Å². The Morgan fingerprint density at radius 1 is 1.29 bits per heavy atom. The molecule has 0 radical (unpaired) electrons. The number of carbonyl (C=O) groups is 2. The van der Waals surface area contributed by atoms with Gasteiger partial charge in [0.25, 0.3) is 5.91 Å². The van der Waals surface area contributed by atoms with Gasteiger partial charge in [-0.25, -0.2) is 8.42 Å². The quantitative estimate of drug-likeness (QED) is 0.722. The van der Waals surface area contributed by atoms with Crippen molar-refractivity contribution in [1.29, 1.82) is 0 Å². The highest BCUT2D eigenvalue weighted by Crippen LogP contribution is 2.21. The lowest BCUT2D eigenvalue weighted by molar-refractivity contribution is -0.149. The molecule has 24 heavy (non-hydrogen) atoms. The molecule has 1 aliphatic rings. The van der Waals surface area contributed by atoms with Crippen molar-refractivity contribution in [1.82, 2.24) is 5.32 Å². The maximum atomic E-state index is 11.7. The van der Waals surface area contributed by atoms with Gasteiger partial charge in [-0.3, -0.25) is 9.59 Å². The molecule has 1 N–H and O–H groups in total. The first-order chi connectivity index (χ1) is 11.4. The van der Waals surface area contributed by atoms with Crippen LogP contribution in [0.3, 0.4) is 0 Å². The van der Waals surface area contributed by atoms with Crippen molar-refractivity contribution in [3.8, 4) is 5.75 Å². The van der Waals surface area contributed by atoms with E-state index in [1.807, 2.05) is 18.2 Å². The predicted molar refractivity (Wildman–Crippen MR) is 87.2 cm³/mol. The number of para-hydroxylation sites is 1. The lowest BCUT2D eigenvalue weighted by Gasteiger charge is -2.10. The first-order valence-electron chi connectivity index (χ1n) is 7.64. The van der Waals surface area contributed by atoms with Crippen molar-refractivity contribution in [2.24, 2.45) is 5.92 Å². The van der Waals surface area contributed by atoms with E-state index in [1.54, 1.807) is 13.2 Å². The number of sulfone groups is 1. The average Bonchev–Trinajstić information content (AvgIpc) is 2.89. The van der Waals surface area contributed by atoms with E-state index in [1.165, 1.54) is 0 Å². The summed E-state index contributed by atoms with van der Waals surface area (Å²) in [6, 6.07) is 7.28. The van der Waals surface area contributed by atoms with Crippen LogP contribution in [0.4, 0.5) is 0 Å². The van der Waals surface area contributed by atoms with Crippen LogP contribution in [0.5, 0.6) is 5.75 Å². The van der Waals surface area contributed by atoms with Crippen LogP contribution in [0.25, 0.3) is 0 Å². The van der Waals surface area contributed by atoms with Gasteiger partial charge >= 0.3 is 5.97 Å². The molecule has 1 saturated heterocycles. The molecule has 1 atom stereocenters. The number of hydrogen-bond donors (Lipinski definition) is 1. The summed E-state index contributed by atoms with van der Waals surface area (Å²) >= 11 is 0. The van der Waals surface area contributed by atoms with E-state index in [0.29, 0.717) is 12.2 Å². The predicted octanol–water partition coefficient (Wildman–Crippen LogP) is 0.679. The highest BCUT2D eigenvalue weighted by molar-refractivity contribution is 7.91. The molecule has 1 amide bonds. The molecule has 8 heteroatoms. The fraction of sp³-hybridized carbons (Fsp3) is 0.500. The summed E-state index contributed by atoms with van der Waals surface area (Å²) in [5, 5.41) is 2.64. The third-order valence-electron chi connectivity index (χ3n) is 3.81.